The highest BCUT2D eigenvalue weighted by Crippen LogP contribution is 2.42. The molecule has 3 nitrogen and oxygen atoms in total. The molecule has 0 atom stereocenters. The Morgan fingerprint density at radius 3 is 2.50 bits per heavy atom. The molecule has 0 bridgehead atoms. The fraction of sp³-hybridized carbons (Fsp3) is 0.280. The number of hydrogen-bond acceptors (Lipinski definition) is 4. The first-order chi connectivity index (χ1) is 14.2. The van der Waals surface area contributed by atoms with Gasteiger partial charge < -0.3 is 4.90 Å². The van der Waals surface area contributed by atoms with Crippen LogP contribution in [0.4, 0.5) is 11.4 Å². The molecule has 1 amide bonds. The van der Waals surface area contributed by atoms with Crippen LogP contribution in [0.25, 0.3) is 11.6 Å². The number of carbonyl (C=O) groups is 1. The van der Waals surface area contributed by atoms with Crippen LogP contribution in [0.5, 0.6) is 0 Å². The smallest absolute Gasteiger partial charge is 0.270 e. The highest BCUT2D eigenvalue weighted by molar-refractivity contribution is 8.27. The van der Waals surface area contributed by atoms with Gasteiger partial charge in [0.15, 0.2) is 4.32 Å². The minimum Gasteiger partial charge on any atom is -0.363 e. The lowest BCUT2D eigenvalue weighted by atomic mass is 9.87. The number of carbonyl (C=O) groups excluding carboxylic acids is 1. The molecule has 0 N–H and O–H groups in total. The maximum absolute atomic E-state index is 13.1. The van der Waals surface area contributed by atoms with E-state index in [4.69, 9.17) is 12.2 Å². The van der Waals surface area contributed by atoms with Crippen molar-refractivity contribution < 1.29 is 4.79 Å². The molecule has 2 heterocycles. The quantitative estimate of drug-likeness (QED) is 0.411. The Balaban J connectivity index is 1.75. The number of thioether (sulfide) groups is 1. The number of amides is 1. The Hall–Kier alpha value is -2.37. The molecule has 0 spiro atoms. The number of rotatable bonds is 3. The topological polar surface area (TPSA) is 23.6 Å². The molecule has 154 valence electrons. The van der Waals surface area contributed by atoms with Crippen LogP contribution >= 0.6 is 24.0 Å². The van der Waals surface area contributed by atoms with E-state index in [0.29, 0.717) is 9.23 Å². The number of para-hydroxylation sites is 1. The first-order valence-electron chi connectivity index (χ1n) is 10.2. The molecule has 1 saturated heterocycles. The predicted molar refractivity (Wildman–Crippen MR) is 134 cm³/mol. The molecule has 0 unspecified atom stereocenters. The minimum atomic E-state index is -0.0584. The lowest BCUT2D eigenvalue weighted by Crippen LogP contribution is -2.44. The molecule has 0 aromatic heterocycles. The number of thiocarbonyl (C=S) groups is 1. The van der Waals surface area contributed by atoms with E-state index in [1.165, 1.54) is 28.6 Å². The molecule has 2 aliphatic heterocycles. The number of aryl methyl sites for hydroxylation is 1. The lowest BCUT2D eigenvalue weighted by molar-refractivity contribution is -0.113. The average molecular weight is 435 g/mol. The second-order valence-corrected chi connectivity index (χ2v) is 9.98. The number of nitrogens with zero attached hydrogens (tertiary/aromatic N) is 2. The van der Waals surface area contributed by atoms with Crippen LogP contribution in [-0.4, -0.2) is 22.3 Å². The first-order valence-corrected chi connectivity index (χ1v) is 11.4. The summed E-state index contributed by atoms with van der Waals surface area (Å²) in [5.74, 6) is -0.0584. The second-order valence-electron chi connectivity index (χ2n) is 8.30. The van der Waals surface area contributed by atoms with Crippen molar-refractivity contribution in [1.82, 2.24) is 0 Å². The van der Waals surface area contributed by atoms with Crippen LogP contribution in [0.15, 0.2) is 53.4 Å². The molecule has 0 radical (unpaired) electrons. The molecule has 1 fully saturated rings. The van der Waals surface area contributed by atoms with Gasteiger partial charge in [-0.1, -0.05) is 48.3 Å². The van der Waals surface area contributed by atoms with Gasteiger partial charge in [-0.2, -0.15) is 0 Å². The van der Waals surface area contributed by atoms with Gasteiger partial charge in [-0.15, -0.1) is 0 Å². The van der Waals surface area contributed by atoms with Crippen molar-refractivity contribution in [2.75, 3.05) is 16.3 Å². The Kier molecular flexibility index (Phi) is 5.37. The third-order valence-electron chi connectivity index (χ3n) is 5.78. The van der Waals surface area contributed by atoms with E-state index in [-0.39, 0.29) is 11.4 Å². The molecule has 2 aliphatic rings. The van der Waals surface area contributed by atoms with Gasteiger partial charge in [-0.3, -0.25) is 9.69 Å². The van der Waals surface area contributed by atoms with Gasteiger partial charge in [-0.25, -0.2) is 0 Å². The third-order valence-corrected chi connectivity index (χ3v) is 7.08. The molecular formula is C25H26N2OS2. The van der Waals surface area contributed by atoms with Crippen molar-refractivity contribution in [1.29, 1.82) is 0 Å². The molecule has 30 heavy (non-hydrogen) atoms. The van der Waals surface area contributed by atoms with Gasteiger partial charge in [0.1, 0.15) is 0 Å². The van der Waals surface area contributed by atoms with Gasteiger partial charge in [0.2, 0.25) is 0 Å². The highest BCUT2D eigenvalue weighted by Gasteiger charge is 2.34. The molecule has 5 heteroatoms. The van der Waals surface area contributed by atoms with Gasteiger partial charge >= 0.3 is 0 Å². The van der Waals surface area contributed by atoms with E-state index in [1.54, 1.807) is 4.90 Å². The van der Waals surface area contributed by atoms with E-state index in [9.17, 15) is 4.79 Å². The summed E-state index contributed by atoms with van der Waals surface area (Å²) in [5, 5.41) is 0. The van der Waals surface area contributed by atoms with Crippen LogP contribution in [0, 0.1) is 6.92 Å². The second kappa shape index (κ2) is 7.71. The number of likely N-dealkylation sites (N-methyl/N-ethyl adjacent to an activating group) is 1. The molecule has 2 aromatic rings. The van der Waals surface area contributed by atoms with Gasteiger partial charge in [-0.05, 0) is 81.7 Å². The van der Waals surface area contributed by atoms with Crippen molar-refractivity contribution in [3.63, 3.8) is 0 Å². The van der Waals surface area contributed by atoms with Gasteiger partial charge in [0, 0.05) is 17.8 Å². The summed E-state index contributed by atoms with van der Waals surface area (Å²) in [4.78, 5) is 17.8. The van der Waals surface area contributed by atoms with Crippen LogP contribution in [-0.2, 0) is 4.79 Å². The molecular weight excluding hydrogens is 408 g/mol. The summed E-state index contributed by atoms with van der Waals surface area (Å²) in [5.41, 5.74) is 6.77. The van der Waals surface area contributed by atoms with Crippen molar-refractivity contribution in [2.45, 2.75) is 40.2 Å². The summed E-state index contributed by atoms with van der Waals surface area (Å²) < 4.78 is 0.572. The van der Waals surface area contributed by atoms with Crippen LogP contribution in [0.2, 0.25) is 0 Å². The monoisotopic (exact) mass is 434 g/mol. The molecule has 0 aliphatic carbocycles. The Labute approximate surface area is 188 Å². The van der Waals surface area contributed by atoms with Gasteiger partial charge in [0.05, 0.1) is 16.1 Å². The standard InChI is InChI=1S/C25H26N2OS2/c1-6-26-21-12-16(2)18(13-20(21)17(3)15-25(26,4)5)14-22-23(28)27(24(29)30-22)19-10-8-7-9-11-19/h7-15H,6H2,1-5H3/b22-14-. The van der Waals surface area contributed by atoms with Crippen molar-refractivity contribution >= 4 is 57.2 Å². The average Bonchev–Trinajstić information content (AvgIpc) is 2.96. The summed E-state index contributed by atoms with van der Waals surface area (Å²) >= 11 is 6.88. The molecule has 4 rings (SSSR count). The zero-order valence-corrected chi connectivity index (χ0v) is 19.7. The van der Waals surface area contributed by atoms with Gasteiger partial charge in [0.25, 0.3) is 5.91 Å². The van der Waals surface area contributed by atoms with Crippen LogP contribution < -0.4 is 9.80 Å². The summed E-state index contributed by atoms with van der Waals surface area (Å²) in [6, 6.07) is 14.1. The fourth-order valence-electron chi connectivity index (χ4n) is 4.39. The Bertz CT molecular complexity index is 1100. The maximum Gasteiger partial charge on any atom is 0.270 e. The SMILES string of the molecule is CCN1c2cc(C)c(/C=C3\SC(=S)N(c4ccccc4)C3=O)cc2C(C)=CC1(C)C. The Morgan fingerprint density at radius 2 is 1.83 bits per heavy atom. The Morgan fingerprint density at radius 1 is 1.13 bits per heavy atom. The highest BCUT2D eigenvalue weighted by atomic mass is 32.2. The molecule has 0 saturated carbocycles. The zero-order chi connectivity index (χ0) is 21.6. The lowest BCUT2D eigenvalue weighted by Gasteiger charge is -2.43. The van der Waals surface area contributed by atoms with Crippen LogP contribution in [0.3, 0.4) is 0 Å². The van der Waals surface area contributed by atoms with E-state index in [0.717, 1.165) is 23.4 Å². The van der Waals surface area contributed by atoms with Crippen LogP contribution in [0.1, 0.15) is 44.4 Å². The largest absolute Gasteiger partial charge is 0.363 e. The van der Waals surface area contributed by atoms with E-state index < -0.39 is 0 Å². The van der Waals surface area contributed by atoms with E-state index >= 15 is 0 Å². The number of allylic oxidation sites excluding steroid dienone is 1. The third kappa shape index (κ3) is 3.50. The normalized spacial score (nSPS) is 19.4. The predicted octanol–water partition coefficient (Wildman–Crippen LogP) is 6.42. The van der Waals surface area contributed by atoms with E-state index in [1.807, 2.05) is 36.4 Å². The number of fused-ring (bicyclic) bond motifs is 1. The summed E-state index contributed by atoms with van der Waals surface area (Å²) in [6.45, 7) is 11.9. The summed E-state index contributed by atoms with van der Waals surface area (Å²) in [7, 11) is 0. The molecule has 2 aromatic carbocycles. The van der Waals surface area contributed by atoms with E-state index in [2.05, 4.69) is 57.7 Å². The number of anilines is 2. The van der Waals surface area contributed by atoms with Crippen molar-refractivity contribution in [2.24, 2.45) is 0 Å². The summed E-state index contributed by atoms with van der Waals surface area (Å²) in [6.07, 6.45) is 4.31. The van der Waals surface area contributed by atoms with Crippen molar-refractivity contribution in [3.8, 4) is 0 Å². The maximum atomic E-state index is 13.1. The van der Waals surface area contributed by atoms with Crippen molar-refractivity contribution in [3.05, 3.63) is 70.1 Å². The fourth-order valence-corrected chi connectivity index (χ4v) is 5.68. The zero-order valence-electron chi connectivity index (χ0n) is 18.0. The number of benzene rings is 2. The number of hydrogen-bond donors (Lipinski definition) is 0. The minimum absolute atomic E-state index is 0.0160. The first kappa shape index (κ1) is 20.9.